The summed E-state index contributed by atoms with van der Waals surface area (Å²) in [5, 5.41) is 6.49. The first kappa shape index (κ1) is 14.9. The number of benzene rings is 1. The molecule has 20 heavy (non-hydrogen) atoms. The minimum Gasteiger partial charge on any atom is -0.385 e. The maximum Gasteiger partial charge on any atom is 0.227 e. The molecule has 0 fully saturated rings. The van der Waals surface area contributed by atoms with E-state index in [-0.39, 0.29) is 11.8 Å². The van der Waals surface area contributed by atoms with Gasteiger partial charge < -0.3 is 10.6 Å². The number of fused-ring (bicyclic) bond motifs is 1. The van der Waals surface area contributed by atoms with Crippen molar-refractivity contribution >= 4 is 17.3 Å². The Bertz CT molecular complexity index is 450. The Morgan fingerprint density at radius 1 is 1.30 bits per heavy atom. The van der Waals surface area contributed by atoms with Gasteiger partial charge in [-0.1, -0.05) is 32.8 Å². The van der Waals surface area contributed by atoms with Gasteiger partial charge in [0.25, 0.3) is 0 Å². The molecule has 0 radical (unpaired) electrons. The molecule has 3 nitrogen and oxygen atoms in total. The molecule has 1 heterocycles. The zero-order valence-corrected chi connectivity index (χ0v) is 12.7. The van der Waals surface area contributed by atoms with Gasteiger partial charge >= 0.3 is 0 Å². The standard InChI is InChI=1S/C17H26N2O/c1-3-6-14(7-4-2)17(20)19-15-10-9-13-8-5-11-18-16(13)12-15/h9-10,12,14,18H,3-8,11H2,1-2H3,(H,19,20). The summed E-state index contributed by atoms with van der Waals surface area (Å²) in [4.78, 5) is 12.3. The molecular formula is C17H26N2O. The van der Waals surface area contributed by atoms with Crippen LogP contribution in [0.4, 0.5) is 11.4 Å². The molecule has 0 unspecified atom stereocenters. The van der Waals surface area contributed by atoms with E-state index in [4.69, 9.17) is 0 Å². The molecule has 2 N–H and O–H groups in total. The van der Waals surface area contributed by atoms with Crippen molar-refractivity contribution in [1.29, 1.82) is 0 Å². The Morgan fingerprint density at radius 2 is 2.05 bits per heavy atom. The van der Waals surface area contributed by atoms with Crippen molar-refractivity contribution in [2.75, 3.05) is 17.2 Å². The fourth-order valence-corrected chi connectivity index (χ4v) is 2.89. The molecule has 0 spiro atoms. The molecule has 0 atom stereocenters. The Hall–Kier alpha value is -1.51. The van der Waals surface area contributed by atoms with Crippen LogP contribution in [-0.4, -0.2) is 12.5 Å². The topological polar surface area (TPSA) is 41.1 Å². The van der Waals surface area contributed by atoms with Crippen LogP contribution < -0.4 is 10.6 Å². The summed E-state index contributed by atoms with van der Waals surface area (Å²) in [6, 6.07) is 6.23. The molecular weight excluding hydrogens is 248 g/mol. The highest BCUT2D eigenvalue weighted by Crippen LogP contribution is 2.26. The van der Waals surface area contributed by atoms with Crippen LogP contribution >= 0.6 is 0 Å². The summed E-state index contributed by atoms with van der Waals surface area (Å²) >= 11 is 0. The maximum atomic E-state index is 12.3. The first-order valence-electron chi connectivity index (χ1n) is 7.92. The predicted molar refractivity (Wildman–Crippen MR) is 85.2 cm³/mol. The SMILES string of the molecule is CCCC(CCC)C(=O)Nc1ccc2c(c1)NCCC2. The van der Waals surface area contributed by atoms with Crippen LogP contribution in [0.2, 0.25) is 0 Å². The van der Waals surface area contributed by atoms with Crippen LogP contribution in [0.1, 0.15) is 51.5 Å². The largest absolute Gasteiger partial charge is 0.385 e. The number of amides is 1. The smallest absolute Gasteiger partial charge is 0.227 e. The molecule has 1 amide bonds. The highest BCUT2D eigenvalue weighted by atomic mass is 16.1. The number of hydrogen-bond acceptors (Lipinski definition) is 2. The zero-order valence-electron chi connectivity index (χ0n) is 12.7. The predicted octanol–water partition coefficient (Wildman–Crippen LogP) is 4.20. The third-order valence-corrected chi connectivity index (χ3v) is 3.96. The van der Waals surface area contributed by atoms with Gasteiger partial charge in [-0.2, -0.15) is 0 Å². The molecule has 0 aliphatic carbocycles. The van der Waals surface area contributed by atoms with E-state index in [2.05, 4.69) is 36.6 Å². The summed E-state index contributed by atoms with van der Waals surface area (Å²) in [5.74, 6) is 0.318. The minimum atomic E-state index is 0.147. The van der Waals surface area contributed by atoms with Crippen LogP contribution in [-0.2, 0) is 11.2 Å². The number of aryl methyl sites for hydroxylation is 1. The van der Waals surface area contributed by atoms with Gasteiger partial charge in [0, 0.05) is 23.8 Å². The van der Waals surface area contributed by atoms with Gasteiger partial charge in [-0.3, -0.25) is 4.79 Å². The summed E-state index contributed by atoms with van der Waals surface area (Å²) in [5.41, 5.74) is 3.45. The van der Waals surface area contributed by atoms with E-state index in [9.17, 15) is 4.79 Å². The van der Waals surface area contributed by atoms with Crippen molar-refractivity contribution < 1.29 is 4.79 Å². The lowest BCUT2D eigenvalue weighted by Crippen LogP contribution is -2.23. The number of carbonyl (C=O) groups excluding carboxylic acids is 1. The lowest BCUT2D eigenvalue weighted by Gasteiger charge is -2.20. The molecule has 1 aromatic rings. The van der Waals surface area contributed by atoms with Crippen LogP contribution in [0, 0.1) is 5.92 Å². The van der Waals surface area contributed by atoms with Crippen molar-refractivity contribution in [3.8, 4) is 0 Å². The van der Waals surface area contributed by atoms with Crippen LogP contribution in [0.5, 0.6) is 0 Å². The van der Waals surface area contributed by atoms with Crippen molar-refractivity contribution in [3.63, 3.8) is 0 Å². The van der Waals surface area contributed by atoms with Gasteiger partial charge in [-0.15, -0.1) is 0 Å². The normalized spacial score (nSPS) is 13.8. The van der Waals surface area contributed by atoms with E-state index in [1.807, 2.05) is 6.07 Å². The molecule has 0 bridgehead atoms. The first-order valence-corrected chi connectivity index (χ1v) is 7.92. The summed E-state index contributed by atoms with van der Waals surface area (Å²) in [6.45, 7) is 5.30. The number of carbonyl (C=O) groups is 1. The molecule has 0 saturated heterocycles. The minimum absolute atomic E-state index is 0.147. The molecule has 1 aliphatic heterocycles. The second-order valence-corrected chi connectivity index (χ2v) is 5.67. The average Bonchev–Trinajstić information content (AvgIpc) is 2.47. The summed E-state index contributed by atoms with van der Waals surface area (Å²) < 4.78 is 0. The van der Waals surface area contributed by atoms with Gasteiger partial charge in [0.1, 0.15) is 0 Å². The molecule has 2 rings (SSSR count). The van der Waals surface area contributed by atoms with Crippen molar-refractivity contribution in [2.45, 2.75) is 52.4 Å². The Balaban J connectivity index is 2.03. The van der Waals surface area contributed by atoms with E-state index in [0.29, 0.717) is 0 Å². The second kappa shape index (κ2) is 7.32. The zero-order chi connectivity index (χ0) is 14.4. The summed E-state index contributed by atoms with van der Waals surface area (Å²) in [6.07, 6.45) is 6.39. The number of hydrogen-bond donors (Lipinski definition) is 2. The molecule has 3 heteroatoms. The van der Waals surface area contributed by atoms with E-state index >= 15 is 0 Å². The third-order valence-electron chi connectivity index (χ3n) is 3.96. The highest BCUT2D eigenvalue weighted by molar-refractivity contribution is 5.93. The van der Waals surface area contributed by atoms with Gasteiger partial charge in [-0.05, 0) is 43.4 Å². The van der Waals surface area contributed by atoms with E-state index in [1.165, 1.54) is 17.7 Å². The van der Waals surface area contributed by atoms with E-state index in [0.717, 1.165) is 44.3 Å². The van der Waals surface area contributed by atoms with E-state index in [1.54, 1.807) is 0 Å². The lowest BCUT2D eigenvalue weighted by molar-refractivity contribution is -0.120. The molecule has 1 aliphatic rings. The Kier molecular flexibility index (Phi) is 5.45. The van der Waals surface area contributed by atoms with Gasteiger partial charge in [-0.25, -0.2) is 0 Å². The number of nitrogens with one attached hydrogen (secondary N) is 2. The molecule has 0 aromatic heterocycles. The average molecular weight is 274 g/mol. The maximum absolute atomic E-state index is 12.3. The number of rotatable bonds is 6. The van der Waals surface area contributed by atoms with Crippen molar-refractivity contribution in [2.24, 2.45) is 5.92 Å². The van der Waals surface area contributed by atoms with Crippen LogP contribution in [0.15, 0.2) is 18.2 Å². The number of anilines is 2. The fraction of sp³-hybridized carbons (Fsp3) is 0.588. The van der Waals surface area contributed by atoms with Gasteiger partial charge in [0.2, 0.25) is 5.91 Å². The van der Waals surface area contributed by atoms with E-state index < -0.39 is 0 Å². The Morgan fingerprint density at radius 3 is 2.75 bits per heavy atom. The second-order valence-electron chi connectivity index (χ2n) is 5.67. The summed E-state index contributed by atoms with van der Waals surface area (Å²) in [7, 11) is 0. The van der Waals surface area contributed by atoms with Gasteiger partial charge in [0.05, 0.1) is 0 Å². The van der Waals surface area contributed by atoms with Crippen molar-refractivity contribution in [3.05, 3.63) is 23.8 Å². The fourth-order valence-electron chi connectivity index (χ4n) is 2.89. The first-order chi connectivity index (χ1) is 9.74. The molecule has 0 saturated carbocycles. The monoisotopic (exact) mass is 274 g/mol. The van der Waals surface area contributed by atoms with Crippen molar-refractivity contribution in [1.82, 2.24) is 0 Å². The lowest BCUT2D eigenvalue weighted by atomic mass is 9.97. The Labute approximate surface area is 122 Å². The quantitative estimate of drug-likeness (QED) is 0.816. The van der Waals surface area contributed by atoms with Crippen LogP contribution in [0.3, 0.4) is 0 Å². The van der Waals surface area contributed by atoms with Gasteiger partial charge in [0.15, 0.2) is 0 Å². The third kappa shape index (κ3) is 3.75. The molecule has 110 valence electrons. The highest BCUT2D eigenvalue weighted by Gasteiger charge is 2.17. The molecule has 1 aromatic carbocycles. The van der Waals surface area contributed by atoms with Crippen LogP contribution in [0.25, 0.3) is 0 Å².